The smallest absolute Gasteiger partial charge is 0.295 e. The predicted molar refractivity (Wildman–Crippen MR) is 104 cm³/mol. The first kappa shape index (κ1) is 20.1. The van der Waals surface area contributed by atoms with E-state index in [0.29, 0.717) is 16.8 Å². The van der Waals surface area contributed by atoms with E-state index in [-0.39, 0.29) is 22.1 Å². The highest BCUT2D eigenvalue weighted by molar-refractivity contribution is 7.86. The zero-order valence-electron chi connectivity index (χ0n) is 14.5. The van der Waals surface area contributed by atoms with Crippen LogP contribution in [0.15, 0.2) is 66.6 Å². The Morgan fingerprint density at radius 3 is 1.85 bits per heavy atom. The maximum Gasteiger partial charge on any atom is 0.295 e. The van der Waals surface area contributed by atoms with Crippen LogP contribution < -0.4 is 10.6 Å². The molecule has 0 unspecified atom stereocenters. The van der Waals surface area contributed by atoms with Crippen LogP contribution in [0.25, 0.3) is 11.1 Å². The number of nitrogens with one attached hydrogen (secondary N) is 2. The zero-order chi connectivity index (χ0) is 20.2. The molecule has 0 fully saturated rings. The molecule has 2 aromatic rings. The molecule has 0 aromatic heterocycles. The lowest BCUT2D eigenvalue weighted by Crippen LogP contribution is -2.09. The number of aryl methyl sites for hydroxylation is 1. The minimum absolute atomic E-state index is 0.198. The fraction of sp³-hybridized carbons (Fsp3) is 0.0526. The Labute approximate surface area is 157 Å². The van der Waals surface area contributed by atoms with E-state index in [1.54, 1.807) is 25.1 Å². The van der Waals surface area contributed by atoms with Crippen LogP contribution in [-0.2, 0) is 19.7 Å². The summed E-state index contributed by atoms with van der Waals surface area (Å²) in [6.07, 6.45) is 2.18. The summed E-state index contributed by atoms with van der Waals surface area (Å²) in [4.78, 5) is 22.5. The third-order valence-corrected chi connectivity index (χ3v) is 4.58. The van der Waals surface area contributed by atoms with E-state index in [4.69, 9.17) is 0 Å². The van der Waals surface area contributed by atoms with Crippen molar-refractivity contribution in [3.63, 3.8) is 0 Å². The van der Waals surface area contributed by atoms with Gasteiger partial charge in [-0.25, -0.2) is 0 Å². The van der Waals surface area contributed by atoms with Crippen molar-refractivity contribution in [2.75, 3.05) is 10.6 Å². The van der Waals surface area contributed by atoms with Crippen molar-refractivity contribution in [3.8, 4) is 11.1 Å². The molecule has 0 radical (unpaired) electrons. The summed E-state index contributed by atoms with van der Waals surface area (Å²) in [5.41, 5.74) is 2.19. The van der Waals surface area contributed by atoms with Gasteiger partial charge in [-0.1, -0.05) is 25.3 Å². The molecule has 8 heteroatoms. The molecule has 0 aliphatic rings. The molecule has 0 spiro atoms. The third-order valence-electron chi connectivity index (χ3n) is 3.68. The van der Waals surface area contributed by atoms with Crippen LogP contribution in [0.3, 0.4) is 0 Å². The van der Waals surface area contributed by atoms with E-state index in [1.165, 1.54) is 18.2 Å². The van der Waals surface area contributed by atoms with Gasteiger partial charge in [0.2, 0.25) is 11.8 Å². The van der Waals surface area contributed by atoms with Gasteiger partial charge < -0.3 is 10.6 Å². The van der Waals surface area contributed by atoms with Gasteiger partial charge in [0.05, 0.1) is 0 Å². The lowest BCUT2D eigenvalue weighted by atomic mass is 9.99. The Kier molecular flexibility index (Phi) is 5.94. The van der Waals surface area contributed by atoms with E-state index in [9.17, 15) is 22.6 Å². The minimum Gasteiger partial charge on any atom is -0.323 e. The summed E-state index contributed by atoms with van der Waals surface area (Å²) in [7, 11) is -4.56. The van der Waals surface area contributed by atoms with Gasteiger partial charge in [0, 0.05) is 16.9 Å². The summed E-state index contributed by atoms with van der Waals surface area (Å²) >= 11 is 0. The molecule has 0 aliphatic carbocycles. The van der Waals surface area contributed by atoms with Crippen LogP contribution in [0.5, 0.6) is 0 Å². The molecule has 7 nitrogen and oxygen atoms in total. The Balaban J connectivity index is 2.54. The van der Waals surface area contributed by atoms with Crippen molar-refractivity contribution in [2.45, 2.75) is 11.8 Å². The van der Waals surface area contributed by atoms with Gasteiger partial charge in [-0.05, 0) is 54.5 Å². The second-order valence-corrected chi connectivity index (χ2v) is 6.99. The average Bonchev–Trinajstić information content (AvgIpc) is 2.61. The number of carbonyl (C=O) groups excluding carboxylic acids is 2. The summed E-state index contributed by atoms with van der Waals surface area (Å²) in [5.74, 6) is -0.884. The molecule has 0 aliphatic heterocycles. The van der Waals surface area contributed by atoms with Crippen LogP contribution in [0, 0.1) is 6.92 Å². The average molecular weight is 386 g/mol. The molecule has 2 aromatic carbocycles. The van der Waals surface area contributed by atoms with Gasteiger partial charge in [0.25, 0.3) is 10.1 Å². The van der Waals surface area contributed by atoms with Crippen molar-refractivity contribution >= 4 is 33.3 Å². The maximum atomic E-state index is 11.9. The number of benzene rings is 2. The minimum atomic E-state index is -4.56. The molecule has 0 saturated carbocycles. The highest BCUT2D eigenvalue weighted by Crippen LogP contribution is 2.33. The fourth-order valence-electron chi connectivity index (χ4n) is 2.47. The molecule has 27 heavy (non-hydrogen) atoms. The third kappa shape index (κ3) is 4.90. The van der Waals surface area contributed by atoms with Gasteiger partial charge in [-0.2, -0.15) is 8.42 Å². The van der Waals surface area contributed by atoms with Gasteiger partial charge in [-0.3, -0.25) is 14.1 Å². The summed E-state index contributed by atoms with van der Waals surface area (Å²) in [6, 6.07) is 9.05. The largest absolute Gasteiger partial charge is 0.323 e. The number of hydrogen-bond acceptors (Lipinski definition) is 4. The van der Waals surface area contributed by atoms with Crippen LogP contribution in [0.1, 0.15) is 5.56 Å². The lowest BCUT2D eigenvalue weighted by Gasteiger charge is -2.14. The Bertz CT molecular complexity index is 1040. The van der Waals surface area contributed by atoms with Gasteiger partial charge in [0.15, 0.2) is 0 Å². The van der Waals surface area contributed by atoms with E-state index < -0.39 is 16.0 Å². The van der Waals surface area contributed by atoms with E-state index in [0.717, 1.165) is 12.2 Å². The van der Waals surface area contributed by atoms with Crippen LogP contribution in [0.4, 0.5) is 11.4 Å². The van der Waals surface area contributed by atoms with Crippen LogP contribution in [-0.4, -0.2) is 24.8 Å². The lowest BCUT2D eigenvalue weighted by molar-refractivity contribution is -0.112. The van der Waals surface area contributed by atoms with E-state index in [1.807, 2.05) is 0 Å². The standard InChI is InChI=1S/C19H18N2O5S/c1-4-18(22)20-13-6-8-15(12(3)10-13)16-9-7-14(21-19(23)5-2)11-17(16)27(24,25)26/h4-11H,1-2H2,3H3,(H,20,22)(H,21,23)(H,24,25,26). The zero-order valence-corrected chi connectivity index (χ0v) is 15.3. The SMILES string of the molecule is C=CC(=O)Nc1ccc(-c2ccc(NC(=O)C=C)cc2S(=O)(=O)O)c(C)c1. The number of hydrogen-bond donors (Lipinski definition) is 3. The Morgan fingerprint density at radius 1 is 0.926 bits per heavy atom. The summed E-state index contributed by atoms with van der Waals surface area (Å²) < 4.78 is 33.3. The van der Waals surface area contributed by atoms with E-state index in [2.05, 4.69) is 23.8 Å². The Hall–Kier alpha value is -3.23. The molecule has 2 amide bonds. The van der Waals surface area contributed by atoms with Gasteiger partial charge in [0.1, 0.15) is 4.90 Å². The number of rotatable bonds is 6. The highest BCUT2D eigenvalue weighted by atomic mass is 32.2. The van der Waals surface area contributed by atoms with Crippen molar-refractivity contribution in [2.24, 2.45) is 0 Å². The Morgan fingerprint density at radius 2 is 1.41 bits per heavy atom. The number of carbonyl (C=O) groups is 2. The van der Waals surface area contributed by atoms with Crippen LogP contribution in [0.2, 0.25) is 0 Å². The molecule has 140 valence electrons. The molecule has 0 bridgehead atoms. The maximum absolute atomic E-state index is 11.9. The monoisotopic (exact) mass is 386 g/mol. The molecule has 0 heterocycles. The predicted octanol–water partition coefficient (Wildman–Crippen LogP) is 3.16. The van der Waals surface area contributed by atoms with Crippen LogP contribution >= 0.6 is 0 Å². The van der Waals surface area contributed by atoms with Gasteiger partial charge in [-0.15, -0.1) is 0 Å². The first-order chi connectivity index (χ1) is 12.7. The number of amides is 2. The normalized spacial score (nSPS) is 10.7. The molecule has 0 saturated heterocycles. The van der Waals surface area contributed by atoms with Crippen molar-refractivity contribution in [1.82, 2.24) is 0 Å². The first-order valence-electron chi connectivity index (χ1n) is 7.75. The van der Waals surface area contributed by atoms with Crippen molar-refractivity contribution in [1.29, 1.82) is 0 Å². The molecular weight excluding hydrogens is 368 g/mol. The quantitative estimate of drug-likeness (QED) is 0.521. The molecule has 3 N–H and O–H groups in total. The topological polar surface area (TPSA) is 113 Å². The van der Waals surface area contributed by atoms with Crippen molar-refractivity contribution < 1.29 is 22.6 Å². The number of anilines is 2. The van der Waals surface area contributed by atoms with E-state index >= 15 is 0 Å². The fourth-order valence-corrected chi connectivity index (χ4v) is 3.20. The molecule has 0 atom stereocenters. The summed E-state index contributed by atoms with van der Waals surface area (Å²) in [6.45, 7) is 8.44. The second-order valence-electron chi connectivity index (χ2n) is 5.60. The highest BCUT2D eigenvalue weighted by Gasteiger charge is 2.19. The first-order valence-corrected chi connectivity index (χ1v) is 9.19. The second kappa shape index (κ2) is 7.98. The van der Waals surface area contributed by atoms with Gasteiger partial charge >= 0.3 is 0 Å². The van der Waals surface area contributed by atoms with Crippen molar-refractivity contribution in [3.05, 3.63) is 67.3 Å². The summed E-state index contributed by atoms with van der Waals surface area (Å²) in [5, 5.41) is 5.06. The molecular formula is C19H18N2O5S. The molecule has 2 rings (SSSR count).